The van der Waals surface area contributed by atoms with Crippen LogP contribution in [0.2, 0.25) is 0 Å². The first-order chi connectivity index (χ1) is 9.59. The minimum Gasteiger partial charge on any atom is -0.478 e. The number of carbonyl (C=O) groups is 1. The molecule has 0 aromatic heterocycles. The number of benzene rings is 2. The van der Waals surface area contributed by atoms with Crippen molar-refractivity contribution in [2.24, 2.45) is 0 Å². The summed E-state index contributed by atoms with van der Waals surface area (Å²) in [6, 6.07) is 10.1. The lowest BCUT2D eigenvalue weighted by atomic mass is 9.90. The maximum Gasteiger partial charge on any atom is 0.335 e. The number of hydrogen-bond donors (Lipinski definition) is 1. The van der Waals surface area contributed by atoms with E-state index in [1.165, 1.54) is 27.8 Å². The summed E-state index contributed by atoms with van der Waals surface area (Å²) in [6.45, 7) is 4.25. The molecule has 2 aromatic rings. The van der Waals surface area contributed by atoms with Crippen molar-refractivity contribution in [3.8, 4) is 11.1 Å². The van der Waals surface area contributed by atoms with Crippen LogP contribution in [0.5, 0.6) is 0 Å². The molecule has 20 heavy (non-hydrogen) atoms. The van der Waals surface area contributed by atoms with Crippen molar-refractivity contribution >= 4 is 5.97 Å². The van der Waals surface area contributed by atoms with E-state index >= 15 is 0 Å². The molecule has 3 rings (SSSR count). The lowest BCUT2D eigenvalue weighted by Crippen LogP contribution is -2.03. The Bertz CT molecular complexity index is 699. The number of carboxylic acids is 1. The Kier molecular flexibility index (Phi) is 3.09. The quantitative estimate of drug-likeness (QED) is 0.886. The Morgan fingerprint density at radius 3 is 2.50 bits per heavy atom. The van der Waals surface area contributed by atoms with Gasteiger partial charge in [-0.2, -0.15) is 0 Å². The summed E-state index contributed by atoms with van der Waals surface area (Å²) >= 11 is 0. The van der Waals surface area contributed by atoms with Gasteiger partial charge in [0.25, 0.3) is 0 Å². The van der Waals surface area contributed by atoms with Gasteiger partial charge in [-0.05, 0) is 72.6 Å². The zero-order valence-corrected chi connectivity index (χ0v) is 11.9. The highest BCUT2D eigenvalue weighted by Gasteiger charge is 2.22. The summed E-state index contributed by atoms with van der Waals surface area (Å²) in [5, 5.41) is 9.31. The Labute approximate surface area is 119 Å². The van der Waals surface area contributed by atoms with Gasteiger partial charge >= 0.3 is 5.97 Å². The molecule has 0 atom stereocenters. The molecule has 102 valence electrons. The molecule has 0 bridgehead atoms. The molecule has 2 aromatic carbocycles. The smallest absolute Gasteiger partial charge is 0.335 e. The number of aromatic carboxylic acids is 1. The van der Waals surface area contributed by atoms with Crippen LogP contribution >= 0.6 is 0 Å². The molecule has 0 heterocycles. The van der Waals surface area contributed by atoms with E-state index in [1.807, 2.05) is 6.07 Å². The third-order valence-corrected chi connectivity index (χ3v) is 4.41. The van der Waals surface area contributed by atoms with Gasteiger partial charge in [0.15, 0.2) is 0 Å². The van der Waals surface area contributed by atoms with E-state index in [0.29, 0.717) is 5.56 Å². The molecule has 0 saturated heterocycles. The van der Waals surface area contributed by atoms with Crippen LogP contribution in [-0.2, 0) is 12.8 Å². The van der Waals surface area contributed by atoms with Crippen molar-refractivity contribution in [1.82, 2.24) is 0 Å². The highest BCUT2D eigenvalue weighted by molar-refractivity contribution is 5.92. The molecule has 1 aliphatic rings. The first-order valence-electron chi connectivity index (χ1n) is 7.04. The molecule has 2 heteroatoms. The van der Waals surface area contributed by atoms with Crippen LogP contribution < -0.4 is 0 Å². The minimum atomic E-state index is -0.810. The summed E-state index contributed by atoms with van der Waals surface area (Å²) in [7, 11) is 0. The SMILES string of the molecule is Cc1cccc(-c2ccc(C(=O)O)c3c2CCC3)c1C. The second-order valence-corrected chi connectivity index (χ2v) is 5.52. The summed E-state index contributed by atoms with van der Waals surface area (Å²) in [6.07, 6.45) is 2.92. The Hall–Kier alpha value is -2.09. The largest absolute Gasteiger partial charge is 0.478 e. The molecule has 0 saturated carbocycles. The highest BCUT2D eigenvalue weighted by atomic mass is 16.4. The number of rotatable bonds is 2. The van der Waals surface area contributed by atoms with Crippen molar-refractivity contribution in [3.05, 3.63) is 58.1 Å². The van der Waals surface area contributed by atoms with Gasteiger partial charge in [0.2, 0.25) is 0 Å². The topological polar surface area (TPSA) is 37.3 Å². The zero-order chi connectivity index (χ0) is 14.3. The monoisotopic (exact) mass is 266 g/mol. The van der Waals surface area contributed by atoms with E-state index in [-0.39, 0.29) is 0 Å². The number of aryl methyl sites for hydroxylation is 1. The van der Waals surface area contributed by atoms with Gasteiger partial charge in [-0.3, -0.25) is 0 Å². The van der Waals surface area contributed by atoms with Gasteiger partial charge in [0, 0.05) is 0 Å². The van der Waals surface area contributed by atoms with E-state index in [9.17, 15) is 9.90 Å². The van der Waals surface area contributed by atoms with Gasteiger partial charge in [-0.15, -0.1) is 0 Å². The average molecular weight is 266 g/mol. The fourth-order valence-electron chi connectivity index (χ4n) is 3.20. The summed E-state index contributed by atoms with van der Waals surface area (Å²) in [4.78, 5) is 11.3. The van der Waals surface area contributed by atoms with Gasteiger partial charge in [0.05, 0.1) is 5.56 Å². The van der Waals surface area contributed by atoms with Gasteiger partial charge < -0.3 is 5.11 Å². The molecule has 1 N–H and O–H groups in total. The van der Waals surface area contributed by atoms with E-state index in [1.54, 1.807) is 6.07 Å². The first-order valence-corrected chi connectivity index (χ1v) is 7.04. The third-order valence-electron chi connectivity index (χ3n) is 4.41. The lowest BCUT2D eigenvalue weighted by Gasteiger charge is -2.14. The van der Waals surface area contributed by atoms with Gasteiger partial charge in [0.1, 0.15) is 0 Å². The maximum atomic E-state index is 11.3. The van der Waals surface area contributed by atoms with E-state index in [4.69, 9.17) is 0 Å². The molecule has 0 aliphatic heterocycles. The Balaban J connectivity index is 2.24. The van der Waals surface area contributed by atoms with E-state index in [2.05, 4.69) is 32.0 Å². The summed E-state index contributed by atoms with van der Waals surface area (Å²) in [5.74, 6) is -0.810. The molecular formula is C18H18O2. The predicted molar refractivity (Wildman–Crippen MR) is 80.3 cm³/mol. The third kappa shape index (κ3) is 1.92. The molecule has 0 radical (unpaired) electrons. The number of fused-ring (bicyclic) bond motifs is 1. The molecule has 0 unspecified atom stereocenters. The van der Waals surface area contributed by atoms with Crippen LogP contribution in [0, 0.1) is 13.8 Å². The summed E-state index contributed by atoms with van der Waals surface area (Å²) in [5.41, 5.74) is 7.76. The van der Waals surface area contributed by atoms with Crippen molar-refractivity contribution in [2.45, 2.75) is 33.1 Å². The fourth-order valence-corrected chi connectivity index (χ4v) is 3.20. The summed E-state index contributed by atoms with van der Waals surface area (Å²) < 4.78 is 0. The Morgan fingerprint density at radius 2 is 1.75 bits per heavy atom. The molecule has 0 spiro atoms. The van der Waals surface area contributed by atoms with Crippen molar-refractivity contribution in [3.63, 3.8) is 0 Å². The van der Waals surface area contributed by atoms with Crippen LogP contribution in [-0.4, -0.2) is 11.1 Å². The Morgan fingerprint density at radius 1 is 1.00 bits per heavy atom. The van der Waals surface area contributed by atoms with Crippen LogP contribution in [0.1, 0.15) is 39.0 Å². The molecule has 0 amide bonds. The highest BCUT2D eigenvalue weighted by Crippen LogP contribution is 2.36. The number of hydrogen-bond acceptors (Lipinski definition) is 1. The van der Waals surface area contributed by atoms with Gasteiger partial charge in [-0.1, -0.05) is 24.3 Å². The average Bonchev–Trinajstić information content (AvgIpc) is 2.90. The lowest BCUT2D eigenvalue weighted by molar-refractivity contribution is 0.0696. The van der Waals surface area contributed by atoms with Gasteiger partial charge in [-0.25, -0.2) is 4.79 Å². The normalized spacial score (nSPS) is 13.3. The zero-order valence-electron chi connectivity index (χ0n) is 11.9. The van der Waals surface area contributed by atoms with Crippen LogP contribution in [0.4, 0.5) is 0 Å². The minimum absolute atomic E-state index is 0.478. The maximum absolute atomic E-state index is 11.3. The molecule has 2 nitrogen and oxygen atoms in total. The predicted octanol–water partition coefficient (Wildman–Crippen LogP) is 4.16. The van der Waals surface area contributed by atoms with Crippen molar-refractivity contribution < 1.29 is 9.90 Å². The van der Waals surface area contributed by atoms with Crippen LogP contribution in [0.3, 0.4) is 0 Å². The second kappa shape index (κ2) is 4.78. The van der Waals surface area contributed by atoms with Crippen molar-refractivity contribution in [1.29, 1.82) is 0 Å². The van der Waals surface area contributed by atoms with Crippen molar-refractivity contribution in [2.75, 3.05) is 0 Å². The van der Waals surface area contributed by atoms with Crippen LogP contribution in [0.25, 0.3) is 11.1 Å². The van der Waals surface area contributed by atoms with Crippen LogP contribution in [0.15, 0.2) is 30.3 Å². The van der Waals surface area contributed by atoms with E-state index in [0.717, 1.165) is 24.8 Å². The second-order valence-electron chi connectivity index (χ2n) is 5.52. The number of carboxylic acid groups (broad SMARTS) is 1. The van der Waals surface area contributed by atoms with E-state index < -0.39 is 5.97 Å². The molecular weight excluding hydrogens is 248 g/mol. The molecule has 0 fully saturated rings. The standard InChI is InChI=1S/C18H18O2/c1-11-5-3-6-13(12(11)2)16-9-10-17(18(19)20)15-8-4-7-14(15)16/h3,5-6,9-10H,4,7-8H2,1-2H3,(H,19,20). The first kappa shape index (κ1) is 12.9. The fraction of sp³-hybridized carbons (Fsp3) is 0.278. The molecule has 1 aliphatic carbocycles.